The third kappa shape index (κ3) is 3.14. The van der Waals surface area contributed by atoms with E-state index in [2.05, 4.69) is 40.6 Å². The van der Waals surface area contributed by atoms with E-state index in [0.717, 1.165) is 43.3 Å². The lowest BCUT2D eigenvalue weighted by Gasteiger charge is -2.37. The van der Waals surface area contributed by atoms with Crippen LogP contribution >= 0.6 is 12.4 Å². The van der Waals surface area contributed by atoms with Gasteiger partial charge in [0, 0.05) is 20.1 Å². The molecule has 25 heavy (non-hydrogen) atoms. The Morgan fingerprint density at radius 3 is 2.12 bits per heavy atom. The van der Waals surface area contributed by atoms with Crippen LogP contribution in [-0.4, -0.2) is 27.9 Å². The fraction of sp³-hybridized carbons (Fsp3) is 0.579. The third-order valence-electron chi connectivity index (χ3n) is 5.83. The minimum absolute atomic E-state index is 0. The molecular weight excluding hydrogens is 339 g/mol. The van der Waals surface area contributed by atoms with Crippen LogP contribution in [0, 0.1) is 11.2 Å². The molecule has 0 atom stereocenters. The van der Waals surface area contributed by atoms with Crippen LogP contribution in [0.4, 0.5) is 10.3 Å². The zero-order valence-electron chi connectivity index (χ0n) is 15.1. The minimum atomic E-state index is -0.191. The number of hydrogen-bond acceptors (Lipinski definition) is 3. The van der Waals surface area contributed by atoms with Gasteiger partial charge in [0.2, 0.25) is 5.95 Å². The van der Waals surface area contributed by atoms with Crippen molar-refractivity contribution in [2.45, 2.75) is 44.9 Å². The van der Waals surface area contributed by atoms with E-state index in [1.165, 1.54) is 12.8 Å². The van der Waals surface area contributed by atoms with E-state index < -0.39 is 0 Å². The Hall–Kier alpha value is -1.62. The number of halogens is 2. The van der Waals surface area contributed by atoms with E-state index in [1.54, 1.807) is 12.1 Å². The van der Waals surface area contributed by atoms with Crippen LogP contribution in [0.3, 0.4) is 0 Å². The molecule has 4 nitrogen and oxygen atoms in total. The Labute approximate surface area is 154 Å². The molecule has 1 aromatic carbocycles. The molecule has 1 aliphatic carbocycles. The summed E-state index contributed by atoms with van der Waals surface area (Å²) in [5.41, 5.74) is 1.48. The molecule has 0 unspecified atom stereocenters. The minimum Gasteiger partial charge on any atom is -0.341 e. The van der Waals surface area contributed by atoms with Crippen molar-refractivity contribution in [3.8, 4) is 0 Å². The molecule has 2 aromatic rings. The second kappa shape index (κ2) is 6.27. The molecule has 0 radical (unpaired) electrons. The van der Waals surface area contributed by atoms with Crippen molar-refractivity contribution in [1.82, 2.24) is 14.8 Å². The van der Waals surface area contributed by atoms with Gasteiger partial charge in [0.1, 0.15) is 11.6 Å². The Morgan fingerprint density at radius 2 is 1.56 bits per heavy atom. The van der Waals surface area contributed by atoms with Gasteiger partial charge in [-0.25, -0.2) is 4.39 Å². The second-order valence-electron chi connectivity index (χ2n) is 8.12. The normalized spacial score (nSPS) is 20.9. The van der Waals surface area contributed by atoms with Crippen LogP contribution in [0.25, 0.3) is 0 Å². The van der Waals surface area contributed by atoms with Crippen molar-refractivity contribution in [2.24, 2.45) is 12.5 Å². The largest absolute Gasteiger partial charge is 0.341 e. The Balaban J connectivity index is 0.00000182. The number of anilines is 1. The summed E-state index contributed by atoms with van der Waals surface area (Å²) in [6.07, 6.45) is 4.46. The highest BCUT2D eigenvalue weighted by Gasteiger charge is 2.50. The Bertz CT molecular complexity index is 739. The average Bonchev–Trinajstić information content (AvgIpc) is 3.26. The molecule has 1 saturated heterocycles. The monoisotopic (exact) mass is 364 g/mol. The number of rotatable bonds is 3. The van der Waals surface area contributed by atoms with Crippen LogP contribution in [0.1, 0.15) is 50.9 Å². The first-order valence-electron chi connectivity index (χ1n) is 8.82. The first-order chi connectivity index (χ1) is 11.4. The first kappa shape index (κ1) is 18.2. The fourth-order valence-corrected chi connectivity index (χ4v) is 3.86. The van der Waals surface area contributed by atoms with Crippen LogP contribution in [0.15, 0.2) is 24.3 Å². The van der Waals surface area contributed by atoms with Crippen LogP contribution in [0.5, 0.6) is 0 Å². The van der Waals surface area contributed by atoms with Crippen molar-refractivity contribution in [1.29, 1.82) is 0 Å². The summed E-state index contributed by atoms with van der Waals surface area (Å²) in [7, 11) is 2.06. The lowest BCUT2D eigenvalue weighted by Crippen LogP contribution is -2.38. The van der Waals surface area contributed by atoms with Crippen LogP contribution < -0.4 is 4.90 Å². The predicted octanol–water partition coefficient (Wildman–Crippen LogP) is 4.08. The van der Waals surface area contributed by atoms with E-state index in [0.29, 0.717) is 5.41 Å². The number of piperidine rings is 1. The molecule has 0 spiro atoms. The summed E-state index contributed by atoms with van der Waals surface area (Å²) in [5, 5.41) is 9.04. The molecule has 1 saturated carbocycles. The van der Waals surface area contributed by atoms with E-state index in [4.69, 9.17) is 0 Å². The van der Waals surface area contributed by atoms with Crippen molar-refractivity contribution in [2.75, 3.05) is 18.0 Å². The zero-order chi connectivity index (χ0) is 16.9. The lowest BCUT2D eigenvalue weighted by molar-refractivity contribution is 0.277. The number of hydrogen-bond donors (Lipinski definition) is 0. The molecule has 0 bridgehead atoms. The highest BCUT2D eigenvalue weighted by molar-refractivity contribution is 5.85. The standard InChI is InChI=1S/C19H25FN4.ClH/c1-18(2)10-12-24(13-11-18)17-22-21-16(23(17)3)19(8-9-19)14-4-6-15(20)7-5-14;/h4-7H,8-13H2,1-3H3;1H. The van der Waals surface area contributed by atoms with Gasteiger partial charge in [0.25, 0.3) is 0 Å². The quantitative estimate of drug-likeness (QED) is 0.822. The summed E-state index contributed by atoms with van der Waals surface area (Å²) in [4.78, 5) is 2.35. The Kier molecular flexibility index (Phi) is 4.56. The number of nitrogens with zero attached hydrogens (tertiary/aromatic N) is 4. The van der Waals surface area contributed by atoms with Crippen LogP contribution in [0.2, 0.25) is 0 Å². The first-order valence-corrected chi connectivity index (χ1v) is 8.82. The second-order valence-corrected chi connectivity index (χ2v) is 8.12. The number of benzene rings is 1. The molecule has 4 rings (SSSR count). The molecule has 136 valence electrons. The van der Waals surface area contributed by atoms with Crippen molar-refractivity contribution in [3.05, 3.63) is 41.5 Å². The summed E-state index contributed by atoms with van der Waals surface area (Å²) in [5.74, 6) is 1.78. The van der Waals surface area contributed by atoms with Gasteiger partial charge in [-0.3, -0.25) is 4.57 Å². The summed E-state index contributed by atoms with van der Waals surface area (Å²) in [6.45, 7) is 6.73. The maximum absolute atomic E-state index is 13.2. The van der Waals surface area contributed by atoms with E-state index >= 15 is 0 Å². The molecule has 2 aliphatic rings. The van der Waals surface area contributed by atoms with Gasteiger partial charge in [-0.2, -0.15) is 0 Å². The molecule has 0 N–H and O–H groups in total. The van der Waals surface area contributed by atoms with Gasteiger partial charge in [-0.1, -0.05) is 26.0 Å². The molecule has 2 heterocycles. The zero-order valence-corrected chi connectivity index (χ0v) is 15.9. The van der Waals surface area contributed by atoms with Gasteiger partial charge in [0.15, 0.2) is 0 Å². The topological polar surface area (TPSA) is 34.0 Å². The predicted molar refractivity (Wildman–Crippen MR) is 99.9 cm³/mol. The Morgan fingerprint density at radius 1 is 0.960 bits per heavy atom. The lowest BCUT2D eigenvalue weighted by atomic mass is 9.83. The SMILES string of the molecule is Cl.Cn1c(N2CCC(C)(C)CC2)nnc1C1(c2ccc(F)cc2)CC1. The van der Waals surface area contributed by atoms with E-state index in [-0.39, 0.29) is 23.6 Å². The maximum Gasteiger partial charge on any atom is 0.226 e. The third-order valence-corrected chi connectivity index (χ3v) is 5.83. The van der Waals surface area contributed by atoms with Crippen molar-refractivity contribution < 1.29 is 4.39 Å². The molecular formula is C19H26ClFN4. The van der Waals surface area contributed by atoms with Crippen molar-refractivity contribution in [3.63, 3.8) is 0 Å². The van der Waals surface area contributed by atoms with Crippen LogP contribution in [-0.2, 0) is 12.5 Å². The van der Waals surface area contributed by atoms with Gasteiger partial charge in [0.05, 0.1) is 5.41 Å². The molecule has 0 amide bonds. The summed E-state index contributed by atoms with van der Waals surface area (Å²) in [6, 6.07) is 6.86. The highest BCUT2D eigenvalue weighted by Crippen LogP contribution is 2.53. The van der Waals surface area contributed by atoms with E-state index in [9.17, 15) is 4.39 Å². The van der Waals surface area contributed by atoms with E-state index in [1.807, 2.05) is 12.1 Å². The molecule has 1 aromatic heterocycles. The van der Waals surface area contributed by atoms with Gasteiger partial charge in [-0.05, 0) is 48.8 Å². The molecule has 1 aliphatic heterocycles. The summed E-state index contributed by atoms with van der Waals surface area (Å²) < 4.78 is 15.4. The highest BCUT2D eigenvalue weighted by atomic mass is 35.5. The average molecular weight is 365 g/mol. The summed E-state index contributed by atoms with van der Waals surface area (Å²) >= 11 is 0. The fourth-order valence-electron chi connectivity index (χ4n) is 3.86. The molecule has 2 fully saturated rings. The van der Waals surface area contributed by atoms with Crippen molar-refractivity contribution >= 4 is 18.4 Å². The maximum atomic E-state index is 13.2. The van der Waals surface area contributed by atoms with Gasteiger partial charge < -0.3 is 4.90 Å². The smallest absolute Gasteiger partial charge is 0.226 e. The molecule has 6 heteroatoms. The number of aromatic nitrogens is 3. The van der Waals surface area contributed by atoms with Gasteiger partial charge >= 0.3 is 0 Å². The van der Waals surface area contributed by atoms with Gasteiger partial charge in [-0.15, -0.1) is 22.6 Å².